The number of amides is 1. The summed E-state index contributed by atoms with van der Waals surface area (Å²) >= 11 is 0. The third-order valence-corrected chi connectivity index (χ3v) is 3.53. The molecule has 7 heteroatoms. The molecule has 124 valence electrons. The van der Waals surface area contributed by atoms with Gasteiger partial charge in [0.15, 0.2) is 5.82 Å². The van der Waals surface area contributed by atoms with Crippen LogP contribution >= 0.6 is 0 Å². The van der Waals surface area contributed by atoms with Gasteiger partial charge >= 0.3 is 6.09 Å². The van der Waals surface area contributed by atoms with Crippen LogP contribution in [0, 0.1) is 5.92 Å². The van der Waals surface area contributed by atoms with E-state index >= 15 is 0 Å². The number of likely N-dealkylation sites (tertiary alicyclic amines) is 1. The molecule has 2 rings (SSSR count). The van der Waals surface area contributed by atoms with E-state index in [9.17, 15) is 14.4 Å². The fourth-order valence-corrected chi connectivity index (χ4v) is 2.41. The smallest absolute Gasteiger partial charge is 0.410 e. The lowest BCUT2D eigenvalue weighted by atomic mass is 9.88. The maximum absolute atomic E-state index is 12.4. The van der Waals surface area contributed by atoms with Crippen LogP contribution in [-0.2, 0) is 9.53 Å². The maximum Gasteiger partial charge on any atom is 0.410 e. The van der Waals surface area contributed by atoms with Crippen molar-refractivity contribution in [2.75, 3.05) is 6.54 Å². The number of Topliss-reactive ketones (excluding diaryl/α,β-unsaturated/α-hetero) is 2. The van der Waals surface area contributed by atoms with Crippen LogP contribution < -0.4 is 0 Å². The van der Waals surface area contributed by atoms with Crippen molar-refractivity contribution in [3.63, 3.8) is 0 Å². The molecule has 1 aromatic heterocycles. The molecule has 1 aliphatic heterocycles. The number of ketones is 2. The quantitative estimate of drug-likeness (QED) is 0.610. The molecule has 0 saturated carbocycles. The van der Waals surface area contributed by atoms with Gasteiger partial charge in [0.25, 0.3) is 0 Å². The second kappa shape index (κ2) is 6.44. The average Bonchev–Trinajstić information content (AvgIpc) is 2.45. The summed E-state index contributed by atoms with van der Waals surface area (Å²) in [6.07, 6.45) is 2.48. The number of aromatic nitrogens is 2. The van der Waals surface area contributed by atoms with Crippen molar-refractivity contribution in [2.24, 2.45) is 5.92 Å². The molecule has 2 atom stereocenters. The van der Waals surface area contributed by atoms with Gasteiger partial charge in [0.2, 0.25) is 5.78 Å². The summed E-state index contributed by atoms with van der Waals surface area (Å²) in [6, 6.07) is 1.28. The van der Waals surface area contributed by atoms with Crippen molar-refractivity contribution in [1.29, 1.82) is 0 Å². The highest BCUT2D eigenvalue weighted by molar-refractivity contribution is 6.10. The number of nitrogens with zero attached hydrogens (tertiary/aromatic N) is 3. The minimum atomic E-state index is -0.943. The minimum absolute atomic E-state index is 0.00794. The van der Waals surface area contributed by atoms with Crippen LogP contribution in [0.4, 0.5) is 4.79 Å². The van der Waals surface area contributed by atoms with Crippen LogP contribution in [0.15, 0.2) is 18.5 Å². The molecule has 1 amide bonds. The first-order valence-corrected chi connectivity index (χ1v) is 7.52. The van der Waals surface area contributed by atoms with Crippen LogP contribution in [0.1, 0.15) is 44.7 Å². The van der Waals surface area contributed by atoms with Gasteiger partial charge in [-0.05, 0) is 33.8 Å². The molecule has 0 spiro atoms. The molecule has 0 aromatic carbocycles. The van der Waals surface area contributed by atoms with Gasteiger partial charge in [0, 0.05) is 31.4 Å². The van der Waals surface area contributed by atoms with E-state index in [4.69, 9.17) is 4.74 Å². The molecule has 1 aromatic rings. The van der Waals surface area contributed by atoms with E-state index in [-0.39, 0.29) is 30.6 Å². The van der Waals surface area contributed by atoms with Crippen molar-refractivity contribution in [1.82, 2.24) is 14.9 Å². The van der Waals surface area contributed by atoms with E-state index in [1.54, 1.807) is 33.8 Å². The first kappa shape index (κ1) is 17.1. The van der Waals surface area contributed by atoms with E-state index in [1.807, 2.05) is 0 Å². The number of rotatable bonds is 2. The third-order valence-electron chi connectivity index (χ3n) is 3.53. The van der Waals surface area contributed by atoms with Gasteiger partial charge < -0.3 is 9.64 Å². The fraction of sp³-hybridized carbons (Fsp3) is 0.562. The van der Waals surface area contributed by atoms with E-state index in [0.29, 0.717) is 0 Å². The van der Waals surface area contributed by atoms with Gasteiger partial charge in [-0.25, -0.2) is 14.8 Å². The Hall–Kier alpha value is -2.31. The largest absolute Gasteiger partial charge is 0.444 e. The van der Waals surface area contributed by atoms with Crippen LogP contribution in [0.3, 0.4) is 0 Å². The summed E-state index contributed by atoms with van der Waals surface area (Å²) in [4.78, 5) is 46.2. The Labute approximate surface area is 135 Å². The van der Waals surface area contributed by atoms with Gasteiger partial charge in [0.1, 0.15) is 17.3 Å². The number of carbonyl (C=O) groups is 3. The lowest BCUT2D eigenvalue weighted by Gasteiger charge is -2.37. The first-order chi connectivity index (χ1) is 10.7. The zero-order chi connectivity index (χ0) is 17.2. The van der Waals surface area contributed by atoms with Crippen molar-refractivity contribution in [3.05, 3.63) is 24.3 Å². The number of hydrogen-bond acceptors (Lipinski definition) is 6. The van der Waals surface area contributed by atoms with Crippen LogP contribution in [0.2, 0.25) is 0 Å². The van der Waals surface area contributed by atoms with Gasteiger partial charge in [-0.1, -0.05) is 0 Å². The molecule has 1 aliphatic rings. The Bertz CT molecular complexity index is 610. The normalized spacial score (nSPS) is 21.9. The maximum atomic E-state index is 12.4. The predicted octanol–water partition coefficient (Wildman–Crippen LogP) is 1.87. The molecule has 0 N–H and O–H groups in total. The molecule has 1 fully saturated rings. The fourth-order valence-electron chi connectivity index (χ4n) is 2.41. The lowest BCUT2D eigenvalue weighted by molar-refractivity contribution is -0.125. The average molecular weight is 319 g/mol. The summed E-state index contributed by atoms with van der Waals surface area (Å²) in [6.45, 7) is 7.06. The molecule has 0 radical (unpaired) electrons. The predicted molar refractivity (Wildman–Crippen MR) is 81.9 cm³/mol. The van der Waals surface area contributed by atoms with Crippen LogP contribution in [-0.4, -0.2) is 50.7 Å². The summed E-state index contributed by atoms with van der Waals surface area (Å²) in [5.74, 6) is -1.61. The van der Waals surface area contributed by atoms with Crippen molar-refractivity contribution in [2.45, 2.75) is 45.8 Å². The molecule has 23 heavy (non-hydrogen) atoms. The van der Waals surface area contributed by atoms with Crippen LogP contribution in [0.25, 0.3) is 0 Å². The Morgan fingerprint density at radius 1 is 1.26 bits per heavy atom. The Balaban J connectivity index is 2.17. The van der Waals surface area contributed by atoms with Crippen molar-refractivity contribution >= 4 is 17.7 Å². The van der Waals surface area contributed by atoms with Gasteiger partial charge in [-0.3, -0.25) is 9.59 Å². The highest BCUT2D eigenvalue weighted by atomic mass is 16.6. The summed E-state index contributed by atoms with van der Waals surface area (Å²) in [5.41, 5.74) is -0.639. The zero-order valence-corrected chi connectivity index (χ0v) is 13.8. The SMILES string of the molecule is C[C@H]1CC(=O)C(C(=O)c2ncccn2)CN1C(=O)OC(C)(C)C. The molecule has 0 bridgehead atoms. The van der Waals surface area contributed by atoms with E-state index in [0.717, 1.165) is 0 Å². The summed E-state index contributed by atoms with van der Waals surface area (Å²) in [7, 11) is 0. The number of carbonyl (C=O) groups excluding carboxylic acids is 3. The second-order valence-corrected chi connectivity index (χ2v) is 6.64. The number of hydrogen-bond donors (Lipinski definition) is 0. The number of ether oxygens (including phenoxy) is 1. The first-order valence-electron chi connectivity index (χ1n) is 7.52. The van der Waals surface area contributed by atoms with Crippen molar-refractivity contribution in [3.8, 4) is 0 Å². The Kier molecular flexibility index (Phi) is 4.77. The summed E-state index contributed by atoms with van der Waals surface area (Å²) in [5, 5.41) is 0. The summed E-state index contributed by atoms with van der Waals surface area (Å²) < 4.78 is 5.35. The molecule has 2 heterocycles. The van der Waals surface area contributed by atoms with Gasteiger partial charge in [0.05, 0.1) is 0 Å². The van der Waals surface area contributed by atoms with Gasteiger partial charge in [-0.2, -0.15) is 0 Å². The second-order valence-electron chi connectivity index (χ2n) is 6.64. The molecule has 1 unspecified atom stereocenters. The van der Waals surface area contributed by atoms with E-state index in [2.05, 4.69) is 9.97 Å². The van der Waals surface area contributed by atoms with Crippen LogP contribution in [0.5, 0.6) is 0 Å². The Morgan fingerprint density at radius 2 is 1.87 bits per heavy atom. The third kappa shape index (κ3) is 4.12. The molecular formula is C16H21N3O4. The molecule has 7 nitrogen and oxygen atoms in total. The zero-order valence-electron chi connectivity index (χ0n) is 13.8. The topological polar surface area (TPSA) is 89.5 Å². The van der Waals surface area contributed by atoms with E-state index in [1.165, 1.54) is 17.3 Å². The minimum Gasteiger partial charge on any atom is -0.444 e. The molecular weight excluding hydrogens is 298 g/mol. The standard InChI is InChI=1S/C16H21N3O4/c1-10-8-12(20)11(13(21)14-17-6-5-7-18-14)9-19(10)15(22)23-16(2,3)4/h5-7,10-11H,8-9H2,1-4H3/t10-,11?/m0/s1. The Morgan fingerprint density at radius 3 is 2.43 bits per heavy atom. The molecule has 0 aliphatic carbocycles. The highest BCUT2D eigenvalue weighted by Gasteiger charge is 2.40. The van der Waals surface area contributed by atoms with Crippen molar-refractivity contribution < 1.29 is 19.1 Å². The lowest BCUT2D eigenvalue weighted by Crippen LogP contribution is -2.52. The monoisotopic (exact) mass is 319 g/mol. The highest BCUT2D eigenvalue weighted by Crippen LogP contribution is 2.23. The number of piperidine rings is 1. The van der Waals surface area contributed by atoms with E-state index < -0.39 is 23.4 Å². The van der Waals surface area contributed by atoms with Gasteiger partial charge in [-0.15, -0.1) is 0 Å². The molecule has 1 saturated heterocycles.